The van der Waals surface area contributed by atoms with Crippen molar-refractivity contribution in [3.8, 4) is 11.5 Å². The number of nitrogens with zero attached hydrogens (tertiary/aromatic N) is 1. The van der Waals surface area contributed by atoms with Gasteiger partial charge in [0.05, 0.1) is 25.2 Å². The molecule has 2 aromatic rings. The molecule has 1 saturated heterocycles. The Balaban J connectivity index is 1.80. The number of halogens is 2. The van der Waals surface area contributed by atoms with E-state index in [0.717, 1.165) is 17.0 Å². The van der Waals surface area contributed by atoms with Gasteiger partial charge in [-0.05, 0) is 105 Å². The maximum absolute atomic E-state index is 12.2. The van der Waals surface area contributed by atoms with Crippen LogP contribution in [0.4, 0.5) is 5.69 Å². The molecule has 0 atom stereocenters. The molecule has 1 aliphatic rings. The van der Waals surface area contributed by atoms with Gasteiger partial charge in [0.1, 0.15) is 11.5 Å². The zero-order valence-electron chi connectivity index (χ0n) is 13.6. The first-order valence-electron chi connectivity index (χ1n) is 7.66. The van der Waals surface area contributed by atoms with Crippen molar-refractivity contribution in [2.24, 2.45) is 4.99 Å². The van der Waals surface area contributed by atoms with Crippen LogP contribution in [0.15, 0.2) is 50.8 Å². The van der Waals surface area contributed by atoms with Crippen LogP contribution in [0.2, 0.25) is 0 Å². The van der Waals surface area contributed by atoms with E-state index in [0.29, 0.717) is 24.7 Å². The number of ether oxygens (including phenoxy) is 1. The van der Waals surface area contributed by atoms with E-state index in [2.05, 4.69) is 26.2 Å². The Morgan fingerprint density at radius 2 is 2.08 bits per heavy atom. The minimum atomic E-state index is -0.195. The maximum atomic E-state index is 12.2. The van der Waals surface area contributed by atoms with Crippen molar-refractivity contribution in [2.75, 3.05) is 6.61 Å². The largest absolute Gasteiger partial charge is 0.506 e. The molecule has 0 radical (unpaired) electrons. The number of phenols is 1. The molecule has 0 aliphatic carbocycles. The van der Waals surface area contributed by atoms with Gasteiger partial charge in [-0.1, -0.05) is 0 Å². The second-order valence-corrected chi connectivity index (χ2v) is 8.29. The molecule has 0 spiro atoms. The van der Waals surface area contributed by atoms with Gasteiger partial charge in [0.15, 0.2) is 5.17 Å². The molecule has 26 heavy (non-hydrogen) atoms. The van der Waals surface area contributed by atoms with Gasteiger partial charge in [-0.25, -0.2) is 4.99 Å². The first kappa shape index (κ1) is 19.2. The van der Waals surface area contributed by atoms with Crippen LogP contribution in [0.3, 0.4) is 0 Å². The van der Waals surface area contributed by atoms with Crippen LogP contribution in [0.1, 0.15) is 12.5 Å². The number of aromatic hydroxyl groups is 1. The van der Waals surface area contributed by atoms with Gasteiger partial charge in [-0.3, -0.25) is 4.79 Å². The van der Waals surface area contributed by atoms with Crippen LogP contribution < -0.4 is 10.1 Å². The van der Waals surface area contributed by atoms with Gasteiger partial charge >= 0.3 is 0 Å². The molecule has 1 aliphatic heterocycles. The summed E-state index contributed by atoms with van der Waals surface area (Å²) in [4.78, 5) is 17.2. The van der Waals surface area contributed by atoms with E-state index in [1.54, 1.807) is 12.1 Å². The van der Waals surface area contributed by atoms with Crippen molar-refractivity contribution in [1.29, 1.82) is 0 Å². The van der Waals surface area contributed by atoms with Gasteiger partial charge in [-0.15, -0.1) is 0 Å². The fourth-order valence-electron chi connectivity index (χ4n) is 2.20. The minimum absolute atomic E-state index is 0.189. The minimum Gasteiger partial charge on any atom is -0.506 e. The highest BCUT2D eigenvalue weighted by Gasteiger charge is 2.24. The quantitative estimate of drug-likeness (QED) is 0.417. The maximum Gasteiger partial charge on any atom is 0.264 e. The highest BCUT2D eigenvalue weighted by Crippen LogP contribution is 2.33. The average molecular weight is 545 g/mol. The number of benzene rings is 2. The lowest BCUT2D eigenvalue weighted by atomic mass is 10.2. The Morgan fingerprint density at radius 3 is 2.73 bits per heavy atom. The molecule has 0 saturated carbocycles. The zero-order valence-corrected chi connectivity index (χ0v) is 18.2. The normalized spacial score (nSPS) is 17.0. The van der Waals surface area contributed by atoms with Gasteiger partial charge in [-0.2, -0.15) is 0 Å². The lowest BCUT2D eigenvalue weighted by Gasteiger charge is -2.03. The third kappa shape index (κ3) is 4.60. The number of rotatable bonds is 4. The molecule has 2 aromatic carbocycles. The van der Waals surface area contributed by atoms with Crippen LogP contribution in [0.5, 0.6) is 11.5 Å². The molecule has 1 amide bonds. The Bertz CT molecular complexity index is 890. The summed E-state index contributed by atoms with van der Waals surface area (Å²) in [5.74, 6) is 0.778. The summed E-state index contributed by atoms with van der Waals surface area (Å²) in [5.41, 5.74) is 1.55. The number of amides is 1. The molecule has 0 unspecified atom stereocenters. The summed E-state index contributed by atoms with van der Waals surface area (Å²) in [6, 6.07) is 10.9. The molecule has 1 fully saturated rings. The first-order valence-corrected chi connectivity index (χ1v) is 10.4. The molecule has 0 bridgehead atoms. The van der Waals surface area contributed by atoms with E-state index in [-0.39, 0.29) is 11.7 Å². The van der Waals surface area contributed by atoms with E-state index in [1.807, 2.05) is 59.8 Å². The summed E-state index contributed by atoms with van der Waals surface area (Å²) in [6.45, 7) is 2.54. The molecule has 3 rings (SSSR count). The number of hydrogen-bond acceptors (Lipinski definition) is 5. The fourth-order valence-corrected chi connectivity index (χ4v) is 4.54. The van der Waals surface area contributed by atoms with Gasteiger partial charge in [0.25, 0.3) is 5.91 Å². The lowest BCUT2D eigenvalue weighted by Crippen LogP contribution is -2.19. The Morgan fingerprint density at radius 1 is 1.35 bits per heavy atom. The van der Waals surface area contributed by atoms with E-state index in [9.17, 15) is 9.90 Å². The summed E-state index contributed by atoms with van der Waals surface area (Å²) >= 11 is 6.63. The Hall–Kier alpha value is -1.52. The number of hydrogen-bond donors (Lipinski definition) is 2. The van der Waals surface area contributed by atoms with Crippen molar-refractivity contribution in [1.82, 2.24) is 5.32 Å². The summed E-state index contributed by atoms with van der Waals surface area (Å²) < 4.78 is 6.69. The fraction of sp³-hybridized carbons (Fsp3) is 0.111. The van der Waals surface area contributed by atoms with Crippen LogP contribution in [0, 0.1) is 3.57 Å². The smallest absolute Gasteiger partial charge is 0.264 e. The van der Waals surface area contributed by atoms with Crippen molar-refractivity contribution in [3.63, 3.8) is 0 Å². The van der Waals surface area contributed by atoms with Crippen molar-refractivity contribution < 1.29 is 14.6 Å². The predicted octanol–water partition coefficient (Wildman–Crippen LogP) is 5.05. The van der Waals surface area contributed by atoms with Crippen LogP contribution >= 0.6 is 50.3 Å². The molecular weight excluding hydrogens is 531 g/mol. The Kier molecular flexibility index (Phi) is 6.25. The van der Waals surface area contributed by atoms with Gasteiger partial charge in [0, 0.05) is 0 Å². The molecule has 0 aromatic heterocycles. The zero-order chi connectivity index (χ0) is 18.7. The van der Waals surface area contributed by atoms with E-state index < -0.39 is 0 Å². The summed E-state index contributed by atoms with van der Waals surface area (Å²) in [6.07, 6.45) is 1.77. The highest BCUT2D eigenvalue weighted by atomic mass is 127. The number of phenolic OH excluding ortho intramolecular Hbond substituents is 1. The molecule has 5 nitrogen and oxygen atoms in total. The van der Waals surface area contributed by atoms with E-state index >= 15 is 0 Å². The van der Waals surface area contributed by atoms with Crippen LogP contribution in [-0.4, -0.2) is 22.8 Å². The number of carbonyl (C=O) groups excluding carboxylic acids is 1. The van der Waals surface area contributed by atoms with Crippen LogP contribution in [-0.2, 0) is 4.79 Å². The first-order chi connectivity index (χ1) is 12.5. The average Bonchev–Trinajstić information content (AvgIpc) is 2.94. The monoisotopic (exact) mass is 544 g/mol. The van der Waals surface area contributed by atoms with Crippen molar-refractivity contribution >= 4 is 73.1 Å². The third-order valence-electron chi connectivity index (χ3n) is 3.37. The van der Waals surface area contributed by atoms with E-state index in [1.165, 1.54) is 11.8 Å². The van der Waals surface area contributed by atoms with Gasteiger partial charge in [0.2, 0.25) is 0 Å². The SMILES string of the molecule is CCOc1ccc(N=C2NC(=O)/C(=C/c3cc(Br)c(O)c(I)c3)S2)cc1. The molecule has 134 valence electrons. The number of amidine groups is 1. The summed E-state index contributed by atoms with van der Waals surface area (Å²) in [5, 5.41) is 13.1. The molecular formula is C18H14BrIN2O3S. The number of carbonyl (C=O) groups is 1. The highest BCUT2D eigenvalue weighted by molar-refractivity contribution is 14.1. The molecule has 2 N–H and O–H groups in total. The standard InChI is InChI=1S/C18H14BrIN2O3S/c1-2-25-12-5-3-11(4-6-12)21-18-22-17(24)15(26-18)9-10-7-13(19)16(23)14(20)8-10/h3-9,23H,2H2,1H3,(H,21,22,24)/b15-9-. The van der Waals surface area contributed by atoms with Crippen molar-refractivity contribution in [2.45, 2.75) is 6.92 Å². The topological polar surface area (TPSA) is 70.9 Å². The van der Waals surface area contributed by atoms with Crippen LogP contribution in [0.25, 0.3) is 6.08 Å². The number of aliphatic imine (C=N–C) groups is 1. The second-order valence-electron chi connectivity index (χ2n) is 5.24. The Labute approximate surface area is 177 Å². The number of thioether (sulfide) groups is 1. The van der Waals surface area contributed by atoms with Crippen molar-refractivity contribution in [3.05, 3.63) is 54.9 Å². The summed E-state index contributed by atoms with van der Waals surface area (Å²) in [7, 11) is 0. The van der Waals surface area contributed by atoms with Gasteiger partial charge < -0.3 is 15.2 Å². The molecule has 1 heterocycles. The predicted molar refractivity (Wildman–Crippen MR) is 117 cm³/mol. The second kappa shape index (κ2) is 8.45. The lowest BCUT2D eigenvalue weighted by molar-refractivity contribution is -0.115. The number of nitrogens with one attached hydrogen (secondary N) is 1. The third-order valence-corrected chi connectivity index (χ3v) is 5.70. The molecule has 8 heteroatoms. The van der Waals surface area contributed by atoms with E-state index in [4.69, 9.17) is 4.74 Å².